The van der Waals surface area contributed by atoms with Gasteiger partial charge in [-0.2, -0.15) is 48.3 Å². The highest BCUT2D eigenvalue weighted by Crippen LogP contribution is 2.75. The maximum absolute atomic E-state index is 13.2. The third-order valence-corrected chi connectivity index (χ3v) is 3.20. The molecule has 118 valence electrons. The number of allylic oxidation sites excluding steroid dienone is 1. The number of hydrogen-bond acceptors (Lipinski definition) is 0. The minimum absolute atomic E-state index is 0.250. The molecule has 0 aromatic rings. The molecular formula is C8H2BrF11. The zero-order chi connectivity index (χ0) is 16.4. The van der Waals surface area contributed by atoms with Crippen LogP contribution in [0.15, 0.2) is 11.1 Å². The Labute approximate surface area is 111 Å². The Bertz CT molecular complexity index is 406. The first kappa shape index (κ1) is 17.5. The van der Waals surface area contributed by atoms with Crippen molar-refractivity contribution in [3.63, 3.8) is 0 Å². The highest BCUT2D eigenvalue weighted by atomic mass is 79.9. The molecule has 0 aliphatic heterocycles. The Morgan fingerprint density at radius 3 is 1.15 bits per heavy atom. The minimum atomic E-state index is -6.90. The summed E-state index contributed by atoms with van der Waals surface area (Å²) in [6.45, 7) is 0. The van der Waals surface area contributed by atoms with E-state index >= 15 is 0 Å². The zero-order valence-electron chi connectivity index (χ0n) is 8.69. The molecule has 0 aromatic heterocycles. The van der Waals surface area contributed by atoms with Crippen LogP contribution in [-0.2, 0) is 0 Å². The molecule has 1 aliphatic carbocycles. The van der Waals surface area contributed by atoms with Gasteiger partial charge in [-0.25, -0.2) is 0 Å². The second-order valence-electron chi connectivity index (χ2n) is 3.90. The first-order chi connectivity index (χ1) is 8.56. The van der Waals surface area contributed by atoms with Gasteiger partial charge in [-0.05, 0) is 11.1 Å². The molecule has 0 nitrogen and oxygen atoms in total. The number of alkyl halides is 11. The van der Waals surface area contributed by atoms with Gasteiger partial charge in [-0.1, -0.05) is 15.9 Å². The summed E-state index contributed by atoms with van der Waals surface area (Å²) in [7, 11) is 0. The number of halogens is 12. The molecule has 0 radical (unpaired) electrons. The second kappa shape index (κ2) is 4.01. The van der Waals surface area contributed by atoms with Crippen molar-refractivity contribution in [3.8, 4) is 0 Å². The van der Waals surface area contributed by atoms with Gasteiger partial charge in [0.2, 0.25) is 5.41 Å². The summed E-state index contributed by atoms with van der Waals surface area (Å²) >= 11 is 1.93. The summed E-state index contributed by atoms with van der Waals surface area (Å²) in [6, 6.07) is 0. The Morgan fingerprint density at radius 2 is 0.950 bits per heavy atom. The van der Waals surface area contributed by atoms with E-state index in [0.29, 0.717) is 0 Å². The first-order valence-corrected chi connectivity index (χ1v) is 5.33. The smallest absolute Gasteiger partial charge is 0.198 e. The monoisotopic (exact) mass is 386 g/mol. The van der Waals surface area contributed by atoms with Crippen LogP contribution in [0.1, 0.15) is 0 Å². The average molecular weight is 387 g/mol. The highest BCUT2D eigenvalue weighted by molar-refractivity contribution is 9.11. The lowest BCUT2D eigenvalue weighted by Crippen LogP contribution is -2.59. The molecule has 0 aromatic carbocycles. The fraction of sp³-hybridized carbons (Fsp3) is 0.750. The van der Waals surface area contributed by atoms with E-state index in [4.69, 9.17) is 0 Å². The number of rotatable bonds is 1. The highest BCUT2D eigenvalue weighted by Gasteiger charge is 3.03. The fourth-order valence-electron chi connectivity index (χ4n) is 1.84. The summed E-state index contributed by atoms with van der Waals surface area (Å²) in [5, 5.41) is 0. The van der Waals surface area contributed by atoms with Crippen molar-refractivity contribution in [1.29, 1.82) is 0 Å². The Balaban J connectivity index is 3.93. The molecule has 12 heteroatoms. The van der Waals surface area contributed by atoms with E-state index in [1.54, 1.807) is 0 Å². The minimum Gasteiger partial charge on any atom is -0.198 e. The lowest BCUT2D eigenvalue weighted by molar-refractivity contribution is -0.340. The predicted octanol–water partition coefficient (Wildman–Crippen LogP) is 5.00. The van der Waals surface area contributed by atoms with Crippen LogP contribution in [0.3, 0.4) is 0 Å². The van der Waals surface area contributed by atoms with Crippen molar-refractivity contribution in [2.24, 2.45) is 5.41 Å². The Morgan fingerprint density at radius 1 is 0.650 bits per heavy atom. The molecule has 1 saturated carbocycles. The van der Waals surface area contributed by atoms with Crippen molar-refractivity contribution in [2.45, 2.75) is 29.9 Å². The average Bonchev–Trinajstić information content (AvgIpc) is 2.26. The predicted molar refractivity (Wildman–Crippen MR) is 46.3 cm³/mol. The second-order valence-corrected chi connectivity index (χ2v) is 4.42. The Kier molecular flexibility index (Phi) is 3.51. The van der Waals surface area contributed by atoms with Crippen molar-refractivity contribution in [2.75, 3.05) is 0 Å². The van der Waals surface area contributed by atoms with E-state index in [2.05, 4.69) is 0 Å². The van der Waals surface area contributed by atoms with Crippen LogP contribution in [0, 0.1) is 5.41 Å². The third-order valence-electron chi connectivity index (χ3n) is 2.93. The van der Waals surface area contributed by atoms with Gasteiger partial charge in [0.25, 0.3) is 0 Å². The van der Waals surface area contributed by atoms with Crippen molar-refractivity contribution in [3.05, 3.63) is 11.1 Å². The van der Waals surface area contributed by atoms with Crippen LogP contribution in [-0.4, -0.2) is 29.9 Å². The van der Waals surface area contributed by atoms with Gasteiger partial charge in [0.1, 0.15) is 0 Å². The van der Waals surface area contributed by atoms with Crippen LogP contribution in [0.2, 0.25) is 0 Å². The van der Waals surface area contributed by atoms with Gasteiger partial charge < -0.3 is 0 Å². The van der Waals surface area contributed by atoms with Gasteiger partial charge >= 0.3 is 29.9 Å². The van der Waals surface area contributed by atoms with Crippen LogP contribution >= 0.6 is 15.9 Å². The summed E-state index contributed by atoms with van der Waals surface area (Å²) < 4.78 is 142. The fourth-order valence-corrected chi connectivity index (χ4v) is 2.24. The van der Waals surface area contributed by atoms with Gasteiger partial charge in [0.15, 0.2) is 0 Å². The molecule has 0 heterocycles. The molecule has 0 amide bonds. The molecule has 1 aliphatic rings. The topological polar surface area (TPSA) is 0 Å². The van der Waals surface area contributed by atoms with E-state index in [9.17, 15) is 48.3 Å². The maximum atomic E-state index is 13.2. The lowest BCUT2D eigenvalue weighted by Gasteiger charge is -2.37. The molecule has 0 atom stereocenters. The van der Waals surface area contributed by atoms with Crippen molar-refractivity contribution in [1.82, 2.24) is 0 Å². The van der Waals surface area contributed by atoms with Crippen molar-refractivity contribution < 1.29 is 48.3 Å². The third kappa shape index (κ3) is 1.43. The van der Waals surface area contributed by atoms with Crippen LogP contribution < -0.4 is 0 Å². The summed E-state index contributed by atoms with van der Waals surface area (Å²) in [6.07, 6.45) is -7.91. The molecular weight excluding hydrogens is 385 g/mol. The molecule has 1 fully saturated rings. The molecule has 0 unspecified atom stereocenters. The molecule has 20 heavy (non-hydrogen) atoms. The molecule has 0 spiro atoms. The van der Waals surface area contributed by atoms with Crippen LogP contribution in [0.4, 0.5) is 48.3 Å². The SMILES string of the molecule is FC(F)(F)C1(/C=C/Br)C(F)(F)C(F)(F)C(F)(F)C1(F)F. The molecule has 0 saturated heterocycles. The summed E-state index contributed by atoms with van der Waals surface area (Å²) in [4.78, 5) is -0.250. The van der Waals surface area contributed by atoms with E-state index in [0.717, 1.165) is 0 Å². The van der Waals surface area contributed by atoms with Gasteiger partial charge in [-0.15, -0.1) is 0 Å². The lowest BCUT2D eigenvalue weighted by atomic mass is 9.79. The number of hydrogen-bond donors (Lipinski definition) is 0. The normalized spacial score (nSPS) is 29.8. The van der Waals surface area contributed by atoms with Crippen LogP contribution in [0.25, 0.3) is 0 Å². The largest absolute Gasteiger partial charge is 0.410 e. The summed E-state index contributed by atoms with van der Waals surface area (Å²) in [5.74, 6) is -27.3. The quantitative estimate of drug-likeness (QED) is 0.556. The molecule has 1 rings (SSSR count). The van der Waals surface area contributed by atoms with Crippen LogP contribution in [0.5, 0.6) is 0 Å². The summed E-state index contributed by atoms with van der Waals surface area (Å²) in [5.41, 5.74) is -6.05. The molecule has 0 bridgehead atoms. The first-order valence-electron chi connectivity index (χ1n) is 4.42. The van der Waals surface area contributed by atoms with Gasteiger partial charge in [-0.3, -0.25) is 0 Å². The van der Waals surface area contributed by atoms with Crippen molar-refractivity contribution >= 4 is 15.9 Å². The maximum Gasteiger partial charge on any atom is 0.410 e. The van der Waals surface area contributed by atoms with E-state index in [-0.39, 0.29) is 4.99 Å². The van der Waals surface area contributed by atoms with E-state index in [1.165, 1.54) is 0 Å². The van der Waals surface area contributed by atoms with E-state index in [1.807, 2.05) is 15.9 Å². The standard InChI is InChI=1S/C8H2BrF11/c9-2-1-3(8(18,19)20)4(10,11)6(14,15)7(16,17)5(3,12)13/h1-2H/b2-1+. The van der Waals surface area contributed by atoms with E-state index < -0.39 is 41.4 Å². The zero-order valence-corrected chi connectivity index (χ0v) is 10.3. The van der Waals surface area contributed by atoms with Gasteiger partial charge in [0, 0.05) is 0 Å². The van der Waals surface area contributed by atoms with Gasteiger partial charge in [0.05, 0.1) is 0 Å². The Hall–Kier alpha value is -0.550. The molecule has 0 N–H and O–H groups in total.